The predicted molar refractivity (Wildman–Crippen MR) is 80.6 cm³/mol. The summed E-state index contributed by atoms with van der Waals surface area (Å²) in [6.07, 6.45) is 0. The first kappa shape index (κ1) is 16.8. The zero-order chi connectivity index (χ0) is 14.4. The first-order chi connectivity index (χ1) is 8.90. The summed E-state index contributed by atoms with van der Waals surface area (Å²) in [5.74, 6) is 0. The van der Waals surface area contributed by atoms with Gasteiger partial charge >= 0.3 is 0 Å². The zero-order valence-corrected chi connectivity index (χ0v) is 13.4. The van der Waals surface area contributed by atoms with Gasteiger partial charge in [0.15, 0.2) is 0 Å². The number of nitrogens with zero attached hydrogens (tertiary/aromatic N) is 1. The van der Waals surface area contributed by atoms with E-state index >= 15 is 0 Å². The third kappa shape index (κ3) is 6.17. The van der Waals surface area contributed by atoms with E-state index in [0.29, 0.717) is 11.6 Å². The summed E-state index contributed by atoms with van der Waals surface area (Å²) in [6, 6.07) is 7.96. The van der Waals surface area contributed by atoms with E-state index in [0.717, 1.165) is 5.56 Å². The van der Waals surface area contributed by atoms with Crippen molar-refractivity contribution in [1.29, 1.82) is 0 Å². The minimum Gasteiger partial charge on any atom is -0.337 e. The molecule has 0 aliphatic carbocycles. The van der Waals surface area contributed by atoms with Gasteiger partial charge in [0.05, 0.1) is 6.61 Å². The molecule has 0 saturated carbocycles. The van der Waals surface area contributed by atoms with Crippen molar-refractivity contribution < 1.29 is 9.42 Å². The lowest BCUT2D eigenvalue weighted by molar-refractivity contribution is 0.128. The summed E-state index contributed by atoms with van der Waals surface area (Å²) in [4.78, 5) is 9.90. The summed E-state index contributed by atoms with van der Waals surface area (Å²) in [7, 11) is -1.67. The second-order valence-electron chi connectivity index (χ2n) is 4.87. The molecule has 0 aliphatic heterocycles. The van der Waals surface area contributed by atoms with Crippen LogP contribution >= 0.6 is 20.1 Å². The van der Waals surface area contributed by atoms with E-state index in [9.17, 15) is 4.89 Å². The predicted octanol–water partition coefficient (Wildman–Crippen LogP) is 3.70. The van der Waals surface area contributed by atoms with E-state index in [2.05, 4.69) is 32.9 Å². The minimum absolute atomic E-state index is 0.288. The molecular formula is C13H22ClN2O2P. The monoisotopic (exact) mass is 304 g/mol. The lowest BCUT2D eigenvalue weighted by Crippen LogP contribution is -2.45. The molecule has 0 saturated heterocycles. The molecule has 4 nitrogen and oxygen atoms in total. The average Bonchev–Trinajstić information content (AvgIpc) is 2.34. The van der Waals surface area contributed by atoms with Gasteiger partial charge in [-0.1, -0.05) is 23.7 Å². The Morgan fingerprint density at radius 1 is 1.21 bits per heavy atom. The van der Waals surface area contributed by atoms with Crippen LogP contribution < -0.4 is 5.20 Å². The van der Waals surface area contributed by atoms with E-state index in [1.54, 1.807) is 0 Å². The maximum absolute atomic E-state index is 9.90. The van der Waals surface area contributed by atoms with Crippen molar-refractivity contribution >= 4 is 20.1 Å². The summed E-state index contributed by atoms with van der Waals surface area (Å²) >= 11 is 5.81. The summed E-state index contributed by atoms with van der Waals surface area (Å²) in [5, 5.41) is 5.68. The lowest BCUT2D eigenvalue weighted by atomic mass is 10.2. The van der Waals surface area contributed by atoms with Crippen LogP contribution in [0.3, 0.4) is 0 Å². The van der Waals surface area contributed by atoms with Crippen LogP contribution in [0.15, 0.2) is 24.3 Å². The fraction of sp³-hybridized carbons (Fsp3) is 0.538. The van der Waals surface area contributed by atoms with Crippen molar-refractivity contribution in [1.82, 2.24) is 10.2 Å². The fourth-order valence-electron chi connectivity index (χ4n) is 1.67. The first-order valence-corrected chi connectivity index (χ1v) is 7.90. The number of benzene rings is 1. The van der Waals surface area contributed by atoms with Crippen LogP contribution in [-0.4, -0.2) is 22.0 Å². The molecule has 0 fully saturated rings. The maximum atomic E-state index is 9.90. The van der Waals surface area contributed by atoms with E-state index in [-0.39, 0.29) is 12.1 Å². The third-order valence-electron chi connectivity index (χ3n) is 2.58. The Morgan fingerprint density at radius 2 is 1.74 bits per heavy atom. The largest absolute Gasteiger partial charge is 0.337 e. The van der Waals surface area contributed by atoms with E-state index < -0.39 is 8.53 Å². The van der Waals surface area contributed by atoms with Crippen LogP contribution in [0.25, 0.3) is 0 Å². The summed E-state index contributed by atoms with van der Waals surface area (Å²) in [5.41, 5.74) is 0.980. The number of rotatable bonds is 7. The van der Waals surface area contributed by atoms with Gasteiger partial charge in [-0.2, -0.15) is 5.20 Å². The molecule has 6 heteroatoms. The Balaban J connectivity index is 2.42. The van der Waals surface area contributed by atoms with Crippen LogP contribution in [0.1, 0.15) is 33.3 Å². The van der Waals surface area contributed by atoms with Crippen molar-refractivity contribution in [2.24, 2.45) is 0 Å². The first-order valence-electron chi connectivity index (χ1n) is 6.31. The second kappa shape index (κ2) is 8.15. The van der Waals surface area contributed by atoms with Gasteiger partial charge in [-0.3, -0.25) is 0 Å². The van der Waals surface area contributed by atoms with Crippen LogP contribution in [0.4, 0.5) is 0 Å². The highest BCUT2D eigenvalue weighted by atomic mass is 35.5. The normalized spacial score (nSPS) is 13.5. The highest BCUT2D eigenvalue weighted by Gasteiger charge is 2.17. The van der Waals surface area contributed by atoms with Gasteiger partial charge in [-0.15, -0.1) is 0 Å². The molecule has 108 valence electrons. The Bertz CT molecular complexity index is 365. The number of hydrogen-bond donors (Lipinski definition) is 2. The third-order valence-corrected chi connectivity index (χ3v) is 3.61. The van der Waals surface area contributed by atoms with Crippen LogP contribution in [0.2, 0.25) is 5.02 Å². The second-order valence-corrected chi connectivity index (χ2v) is 6.31. The molecule has 0 bridgehead atoms. The van der Waals surface area contributed by atoms with Crippen LogP contribution in [0.5, 0.6) is 0 Å². The summed E-state index contributed by atoms with van der Waals surface area (Å²) < 4.78 is 5.42. The molecule has 0 heterocycles. The fourth-order valence-corrected chi connectivity index (χ4v) is 2.79. The van der Waals surface area contributed by atoms with E-state index in [1.165, 1.54) is 0 Å². The van der Waals surface area contributed by atoms with Crippen molar-refractivity contribution in [2.75, 3.05) is 0 Å². The van der Waals surface area contributed by atoms with Crippen molar-refractivity contribution in [3.8, 4) is 0 Å². The Labute approximate surface area is 121 Å². The van der Waals surface area contributed by atoms with Gasteiger partial charge in [0.2, 0.25) is 0 Å². The Morgan fingerprint density at radius 3 is 2.21 bits per heavy atom. The molecule has 1 atom stereocenters. The smallest absolute Gasteiger partial charge is 0.268 e. The number of hydrazine groups is 1. The van der Waals surface area contributed by atoms with Crippen LogP contribution in [0, 0.1) is 0 Å². The standard InChI is InChI=1S/C13H22ClN2O2P/c1-10(2)16(11(3)4)15-19(17)18-9-12-5-7-13(14)8-6-12/h5-8,10-11,15,17H,9H2,1-4H3/t19-/m0/s1. The molecule has 0 spiro atoms. The molecular weight excluding hydrogens is 283 g/mol. The van der Waals surface area contributed by atoms with Gasteiger partial charge in [0.25, 0.3) is 8.53 Å². The molecule has 1 rings (SSSR count). The van der Waals surface area contributed by atoms with E-state index in [4.69, 9.17) is 16.1 Å². The minimum atomic E-state index is -1.67. The quantitative estimate of drug-likeness (QED) is 0.595. The molecule has 0 radical (unpaired) electrons. The molecule has 1 aromatic rings. The highest BCUT2D eigenvalue weighted by Crippen LogP contribution is 2.29. The average molecular weight is 305 g/mol. The number of nitrogens with one attached hydrogen (secondary N) is 1. The van der Waals surface area contributed by atoms with Crippen molar-refractivity contribution in [3.05, 3.63) is 34.9 Å². The molecule has 0 aliphatic rings. The molecule has 0 amide bonds. The molecule has 0 unspecified atom stereocenters. The van der Waals surface area contributed by atoms with Crippen molar-refractivity contribution in [2.45, 2.75) is 46.4 Å². The molecule has 19 heavy (non-hydrogen) atoms. The number of hydrogen-bond acceptors (Lipinski definition) is 4. The SMILES string of the molecule is CC(C)N(N[P@@](O)OCc1ccc(Cl)cc1)C(C)C. The topological polar surface area (TPSA) is 44.7 Å². The van der Waals surface area contributed by atoms with Gasteiger partial charge in [-0.25, -0.2) is 5.01 Å². The maximum Gasteiger partial charge on any atom is 0.268 e. The van der Waals surface area contributed by atoms with Crippen molar-refractivity contribution in [3.63, 3.8) is 0 Å². The van der Waals surface area contributed by atoms with Gasteiger partial charge in [0.1, 0.15) is 0 Å². The zero-order valence-electron chi connectivity index (χ0n) is 11.8. The highest BCUT2D eigenvalue weighted by molar-refractivity contribution is 7.43. The van der Waals surface area contributed by atoms with Crippen LogP contribution in [-0.2, 0) is 11.1 Å². The number of halogens is 1. The molecule has 2 N–H and O–H groups in total. The van der Waals surface area contributed by atoms with Gasteiger partial charge in [0, 0.05) is 17.1 Å². The molecule has 1 aromatic carbocycles. The summed E-state index contributed by atoms with van der Waals surface area (Å²) in [6.45, 7) is 8.62. The van der Waals surface area contributed by atoms with E-state index in [1.807, 2.05) is 29.3 Å². The lowest BCUT2D eigenvalue weighted by Gasteiger charge is -2.32. The molecule has 0 aromatic heterocycles. The Kier molecular flexibility index (Phi) is 7.22. The Hall–Kier alpha value is -0.220. The van der Waals surface area contributed by atoms with Gasteiger partial charge < -0.3 is 9.42 Å². The van der Waals surface area contributed by atoms with Gasteiger partial charge in [-0.05, 0) is 45.4 Å².